The van der Waals surface area contributed by atoms with Gasteiger partial charge >= 0.3 is 0 Å². The first-order chi connectivity index (χ1) is 6.15. The maximum Gasteiger partial charge on any atom is 0.0641 e. The summed E-state index contributed by atoms with van der Waals surface area (Å²) in [7, 11) is 0. The predicted octanol–water partition coefficient (Wildman–Crippen LogP) is 1.61. The van der Waals surface area contributed by atoms with E-state index in [1.54, 1.807) is 0 Å². The Morgan fingerprint density at radius 1 is 1.54 bits per heavy atom. The first-order valence-corrected chi connectivity index (χ1v) is 4.22. The van der Waals surface area contributed by atoms with Crippen molar-refractivity contribution >= 4 is 0 Å². The molecule has 1 aromatic rings. The summed E-state index contributed by atoms with van der Waals surface area (Å²) in [5.41, 5.74) is 8.66. The number of pyridine rings is 1. The van der Waals surface area contributed by atoms with Crippen LogP contribution in [0.3, 0.4) is 0 Å². The van der Waals surface area contributed by atoms with Crippen LogP contribution in [0.4, 0.5) is 0 Å². The highest BCUT2D eigenvalue weighted by Gasteiger charge is 2.08. The molecule has 2 N–H and O–H groups in total. The monoisotopic (exact) mass is 175 g/mol. The van der Waals surface area contributed by atoms with Crippen LogP contribution in [0.25, 0.3) is 0 Å². The third kappa shape index (κ3) is 2.27. The first-order valence-electron chi connectivity index (χ1n) is 4.22. The van der Waals surface area contributed by atoms with Crippen molar-refractivity contribution in [3.63, 3.8) is 0 Å². The molecule has 1 atom stereocenters. The average molecular weight is 175 g/mol. The van der Waals surface area contributed by atoms with Gasteiger partial charge in [0.2, 0.25) is 0 Å². The number of rotatable bonds is 2. The maximum atomic E-state index is 8.49. The van der Waals surface area contributed by atoms with E-state index >= 15 is 0 Å². The summed E-state index contributed by atoms with van der Waals surface area (Å²) in [6.07, 6.45) is 0.339. The van der Waals surface area contributed by atoms with E-state index in [-0.39, 0.29) is 6.04 Å². The Balaban J connectivity index is 2.96. The molecule has 0 saturated heterocycles. The zero-order valence-corrected chi connectivity index (χ0v) is 7.91. The van der Waals surface area contributed by atoms with Gasteiger partial charge in [0.25, 0.3) is 0 Å². The van der Waals surface area contributed by atoms with Crippen LogP contribution in [0.5, 0.6) is 0 Å². The molecule has 0 aliphatic carbocycles. The number of nitrogens with two attached hydrogens (primary N) is 1. The number of hydrogen-bond donors (Lipinski definition) is 1. The first kappa shape index (κ1) is 9.69. The Hall–Kier alpha value is -1.40. The molecule has 0 aliphatic rings. The summed E-state index contributed by atoms with van der Waals surface area (Å²) in [6.45, 7) is 3.85. The molecule has 0 aliphatic heterocycles. The second-order valence-corrected chi connectivity index (χ2v) is 3.10. The number of aromatic nitrogens is 1. The molecule has 0 fully saturated rings. The van der Waals surface area contributed by atoms with Gasteiger partial charge in [0.1, 0.15) is 0 Å². The second kappa shape index (κ2) is 4.01. The fourth-order valence-electron chi connectivity index (χ4n) is 1.30. The molecule has 1 aromatic heterocycles. The van der Waals surface area contributed by atoms with E-state index < -0.39 is 0 Å². The zero-order valence-electron chi connectivity index (χ0n) is 7.91. The summed E-state index contributed by atoms with van der Waals surface area (Å²) in [5, 5.41) is 8.49. The Kier molecular flexibility index (Phi) is 2.99. The Morgan fingerprint density at radius 2 is 2.23 bits per heavy atom. The van der Waals surface area contributed by atoms with Gasteiger partial charge in [0, 0.05) is 17.4 Å². The minimum atomic E-state index is -0.210. The summed E-state index contributed by atoms with van der Waals surface area (Å²) < 4.78 is 0. The molecule has 0 radical (unpaired) electrons. The summed E-state index contributed by atoms with van der Waals surface area (Å²) in [6, 6.07) is 5.71. The van der Waals surface area contributed by atoms with Crippen molar-refractivity contribution in [3.8, 4) is 6.07 Å². The summed E-state index contributed by atoms with van der Waals surface area (Å²) >= 11 is 0. The van der Waals surface area contributed by atoms with Crippen molar-refractivity contribution in [2.75, 3.05) is 0 Å². The van der Waals surface area contributed by atoms with Crippen molar-refractivity contribution in [3.05, 3.63) is 29.1 Å². The van der Waals surface area contributed by atoms with Crippen LogP contribution < -0.4 is 5.73 Å². The van der Waals surface area contributed by atoms with E-state index in [9.17, 15) is 0 Å². The van der Waals surface area contributed by atoms with Gasteiger partial charge < -0.3 is 5.73 Å². The van der Waals surface area contributed by atoms with Crippen molar-refractivity contribution in [2.45, 2.75) is 26.3 Å². The van der Waals surface area contributed by atoms with Crippen LogP contribution in [0, 0.1) is 25.2 Å². The molecule has 3 heteroatoms. The standard InChI is InChI=1S/C10H13N3/c1-7-3-4-9(8(2)13-7)10(12)5-6-11/h3-4,10H,5,12H2,1-2H3. The molecule has 3 nitrogen and oxygen atoms in total. The van der Waals surface area contributed by atoms with Crippen molar-refractivity contribution in [1.29, 1.82) is 5.26 Å². The van der Waals surface area contributed by atoms with Crippen LogP contribution >= 0.6 is 0 Å². The lowest BCUT2D eigenvalue weighted by molar-refractivity contribution is 0.734. The Morgan fingerprint density at radius 3 is 2.77 bits per heavy atom. The predicted molar refractivity (Wildman–Crippen MR) is 50.9 cm³/mol. The SMILES string of the molecule is Cc1ccc(C(N)CC#N)c(C)n1. The zero-order chi connectivity index (χ0) is 9.84. The maximum absolute atomic E-state index is 8.49. The van der Waals surface area contributed by atoms with E-state index in [4.69, 9.17) is 11.0 Å². The van der Waals surface area contributed by atoms with Crippen molar-refractivity contribution < 1.29 is 0 Å². The lowest BCUT2D eigenvalue weighted by Gasteiger charge is -2.10. The topological polar surface area (TPSA) is 62.7 Å². The average Bonchev–Trinajstić information content (AvgIpc) is 2.04. The lowest BCUT2D eigenvalue weighted by Crippen LogP contribution is -2.11. The molecule has 13 heavy (non-hydrogen) atoms. The lowest BCUT2D eigenvalue weighted by atomic mass is 10.0. The van der Waals surface area contributed by atoms with Gasteiger partial charge in [-0.2, -0.15) is 5.26 Å². The third-order valence-electron chi connectivity index (χ3n) is 1.98. The van der Waals surface area contributed by atoms with E-state index in [0.717, 1.165) is 17.0 Å². The van der Waals surface area contributed by atoms with Gasteiger partial charge in [-0.3, -0.25) is 4.98 Å². The van der Waals surface area contributed by atoms with Crippen LogP contribution in [-0.4, -0.2) is 4.98 Å². The quantitative estimate of drug-likeness (QED) is 0.742. The molecule has 0 spiro atoms. The molecule has 0 bridgehead atoms. The fourth-order valence-corrected chi connectivity index (χ4v) is 1.30. The van der Waals surface area contributed by atoms with E-state index in [1.807, 2.05) is 26.0 Å². The van der Waals surface area contributed by atoms with Gasteiger partial charge in [-0.15, -0.1) is 0 Å². The van der Waals surface area contributed by atoms with E-state index in [1.165, 1.54) is 0 Å². The highest BCUT2D eigenvalue weighted by Crippen LogP contribution is 2.16. The number of nitriles is 1. The molecular formula is C10H13N3. The van der Waals surface area contributed by atoms with Crippen molar-refractivity contribution in [2.24, 2.45) is 5.73 Å². The van der Waals surface area contributed by atoms with Crippen LogP contribution in [0.15, 0.2) is 12.1 Å². The summed E-state index contributed by atoms with van der Waals surface area (Å²) in [5.74, 6) is 0. The van der Waals surface area contributed by atoms with Crippen LogP contribution in [-0.2, 0) is 0 Å². The molecule has 1 unspecified atom stereocenters. The Bertz CT molecular complexity index is 339. The highest BCUT2D eigenvalue weighted by molar-refractivity contribution is 5.25. The minimum absolute atomic E-state index is 0.210. The molecule has 1 rings (SSSR count). The van der Waals surface area contributed by atoms with Crippen molar-refractivity contribution in [1.82, 2.24) is 4.98 Å². The molecular weight excluding hydrogens is 162 g/mol. The molecule has 0 amide bonds. The molecule has 1 heterocycles. The third-order valence-corrected chi connectivity index (χ3v) is 1.98. The molecule has 0 saturated carbocycles. The molecule has 68 valence electrons. The minimum Gasteiger partial charge on any atom is -0.323 e. The highest BCUT2D eigenvalue weighted by atomic mass is 14.7. The van der Waals surface area contributed by atoms with Gasteiger partial charge in [0.05, 0.1) is 12.5 Å². The van der Waals surface area contributed by atoms with Gasteiger partial charge in [-0.1, -0.05) is 6.07 Å². The fraction of sp³-hybridized carbons (Fsp3) is 0.400. The Labute approximate surface area is 78.2 Å². The number of nitrogens with zero attached hydrogens (tertiary/aromatic N) is 2. The number of hydrogen-bond acceptors (Lipinski definition) is 3. The van der Waals surface area contributed by atoms with E-state index in [0.29, 0.717) is 6.42 Å². The van der Waals surface area contributed by atoms with Crippen LogP contribution in [0.2, 0.25) is 0 Å². The second-order valence-electron chi connectivity index (χ2n) is 3.10. The van der Waals surface area contributed by atoms with E-state index in [2.05, 4.69) is 11.1 Å². The van der Waals surface area contributed by atoms with Gasteiger partial charge in [-0.05, 0) is 25.5 Å². The number of aryl methyl sites for hydroxylation is 2. The molecule has 0 aromatic carbocycles. The van der Waals surface area contributed by atoms with Crippen LogP contribution in [0.1, 0.15) is 29.4 Å². The smallest absolute Gasteiger partial charge is 0.0641 e. The summed E-state index contributed by atoms with van der Waals surface area (Å²) in [4.78, 5) is 4.29. The normalized spacial score (nSPS) is 12.2. The van der Waals surface area contributed by atoms with Gasteiger partial charge in [0.15, 0.2) is 0 Å². The largest absolute Gasteiger partial charge is 0.323 e. The van der Waals surface area contributed by atoms with Gasteiger partial charge in [-0.25, -0.2) is 0 Å².